The molecule has 3 rings (SSSR count). The number of aliphatic hydroxyl groups is 4. The first-order valence-corrected chi connectivity index (χ1v) is 12.7. The summed E-state index contributed by atoms with van der Waals surface area (Å²) < 4.78 is 11.4. The van der Waals surface area contributed by atoms with Crippen molar-refractivity contribution in [3.8, 4) is 5.75 Å². The van der Waals surface area contributed by atoms with Gasteiger partial charge in [0.2, 0.25) is 6.29 Å². The highest BCUT2D eigenvalue weighted by molar-refractivity contribution is 5.73. The Hall–Kier alpha value is -2.53. The summed E-state index contributed by atoms with van der Waals surface area (Å²) >= 11 is 0. The van der Waals surface area contributed by atoms with Crippen molar-refractivity contribution < 1.29 is 39.8 Å². The second kappa shape index (κ2) is 12.8. The Kier molecular flexibility index (Phi) is 10.1. The molecule has 0 spiro atoms. The summed E-state index contributed by atoms with van der Waals surface area (Å²) in [4.78, 5) is 13.9. The van der Waals surface area contributed by atoms with E-state index < -0.39 is 36.7 Å². The van der Waals surface area contributed by atoms with E-state index in [0.29, 0.717) is 23.4 Å². The van der Waals surface area contributed by atoms with Crippen molar-refractivity contribution in [3.63, 3.8) is 0 Å². The molecule has 37 heavy (non-hydrogen) atoms. The predicted molar refractivity (Wildman–Crippen MR) is 137 cm³/mol. The van der Waals surface area contributed by atoms with Crippen LogP contribution in [0.1, 0.15) is 56.7 Å². The molecule has 0 amide bonds. The van der Waals surface area contributed by atoms with Crippen molar-refractivity contribution in [3.05, 3.63) is 65.2 Å². The number of carboxylic acid groups (broad SMARTS) is 1. The molecule has 6 atom stereocenters. The van der Waals surface area contributed by atoms with E-state index in [1.807, 2.05) is 36.4 Å². The third-order valence-electron chi connectivity index (χ3n) is 6.89. The number of rotatable bonds is 11. The van der Waals surface area contributed by atoms with E-state index in [9.17, 15) is 30.3 Å². The van der Waals surface area contributed by atoms with Gasteiger partial charge in [0.1, 0.15) is 24.1 Å². The average molecular weight is 518 g/mol. The third-order valence-corrected chi connectivity index (χ3v) is 6.89. The van der Waals surface area contributed by atoms with Gasteiger partial charge in [-0.05, 0) is 63.9 Å². The second-order valence-electron chi connectivity index (χ2n) is 10.1. The molecule has 1 fully saturated rings. The van der Waals surface area contributed by atoms with Crippen LogP contribution in [-0.2, 0) is 16.1 Å². The van der Waals surface area contributed by atoms with Gasteiger partial charge in [0.15, 0.2) is 6.10 Å². The molecule has 0 radical (unpaired) electrons. The van der Waals surface area contributed by atoms with Gasteiger partial charge in [-0.1, -0.05) is 36.4 Å². The number of aliphatic carboxylic acids is 1. The van der Waals surface area contributed by atoms with Crippen LogP contribution < -0.4 is 4.74 Å². The van der Waals surface area contributed by atoms with Crippen LogP contribution in [0.3, 0.4) is 0 Å². The molecule has 0 aromatic heterocycles. The van der Waals surface area contributed by atoms with Gasteiger partial charge in [-0.25, -0.2) is 4.79 Å². The molecule has 1 saturated heterocycles. The molecule has 9 heteroatoms. The number of ether oxygens (including phenoxy) is 2. The average Bonchev–Trinajstić information content (AvgIpc) is 2.87. The van der Waals surface area contributed by atoms with Crippen LogP contribution in [0.15, 0.2) is 48.5 Å². The Morgan fingerprint density at radius 3 is 2.19 bits per heavy atom. The molecule has 9 nitrogen and oxygen atoms in total. The van der Waals surface area contributed by atoms with Crippen LogP contribution in [0.2, 0.25) is 0 Å². The van der Waals surface area contributed by atoms with E-state index in [1.54, 1.807) is 12.1 Å². The first kappa shape index (κ1) is 29.0. The van der Waals surface area contributed by atoms with Crippen molar-refractivity contribution in [2.24, 2.45) is 0 Å². The smallest absolute Gasteiger partial charge is 0.335 e. The Morgan fingerprint density at radius 2 is 1.62 bits per heavy atom. The first-order valence-electron chi connectivity index (χ1n) is 12.7. The summed E-state index contributed by atoms with van der Waals surface area (Å²) in [6, 6.07) is 15.7. The quantitative estimate of drug-likeness (QED) is 0.303. The Balaban J connectivity index is 2.01. The van der Waals surface area contributed by atoms with Gasteiger partial charge in [-0.15, -0.1) is 0 Å². The number of benzene rings is 2. The van der Waals surface area contributed by atoms with Gasteiger partial charge in [0, 0.05) is 23.6 Å². The molecule has 0 saturated carbocycles. The number of carboxylic acids is 1. The zero-order valence-corrected chi connectivity index (χ0v) is 21.8. The van der Waals surface area contributed by atoms with Crippen molar-refractivity contribution in [1.82, 2.24) is 4.90 Å². The molecule has 5 N–H and O–H groups in total. The zero-order valence-electron chi connectivity index (χ0n) is 21.8. The lowest BCUT2D eigenvalue weighted by atomic mass is 9.86. The largest absolute Gasteiger partial charge is 0.479 e. The maximum absolute atomic E-state index is 11.6. The summed E-state index contributed by atoms with van der Waals surface area (Å²) in [6.07, 6.45) is -7.83. The van der Waals surface area contributed by atoms with E-state index >= 15 is 0 Å². The molecule has 1 aliphatic rings. The number of nitrogens with zero attached hydrogens (tertiary/aromatic N) is 1. The van der Waals surface area contributed by atoms with Crippen molar-refractivity contribution in [2.45, 2.75) is 89.4 Å². The topological polar surface area (TPSA) is 140 Å². The molecule has 0 bridgehead atoms. The van der Waals surface area contributed by atoms with E-state index in [-0.39, 0.29) is 12.5 Å². The summed E-state index contributed by atoms with van der Waals surface area (Å²) in [7, 11) is 0. The number of hydrogen-bond acceptors (Lipinski definition) is 8. The third kappa shape index (κ3) is 6.87. The van der Waals surface area contributed by atoms with Crippen molar-refractivity contribution in [2.75, 3.05) is 6.54 Å². The minimum absolute atomic E-state index is 0.158. The monoisotopic (exact) mass is 517 g/mol. The van der Waals surface area contributed by atoms with Crippen LogP contribution in [0.25, 0.3) is 0 Å². The maximum Gasteiger partial charge on any atom is 0.335 e. The van der Waals surface area contributed by atoms with Gasteiger partial charge >= 0.3 is 5.97 Å². The molecular weight excluding hydrogens is 478 g/mol. The van der Waals surface area contributed by atoms with Gasteiger partial charge < -0.3 is 35.0 Å². The van der Waals surface area contributed by atoms with Crippen molar-refractivity contribution in [1.29, 1.82) is 0 Å². The van der Waals surface area contributed by atoms with Gasteiger partial charge in [-0.2, -0.15) is 0 Å². The second-order valence-corrected chi connectivity index (χ2v) is 10.1. The normalized spacial score (nSPS) is 25.0. The van der Waals surface area contributed by atoms with E-state index in [1.165, 1.54) is 0 Å². The minimum Gasteiger partial charge on any atom is -0.479 e. The minimum atomic E-state index is -1.81. The van der Waals surface area contributed by atoms with E-state index in [4.69, 9.17) is 9.47 Å². The molecule has 0 aliphatic carbocycles. The highest BCUT2D eigenvalue weighted by Gasteiger charge is 2.48. The van der Waals surface area contributed by atoms with Crippen LogP contribution in [0.4, 0.5) is 0 Å². The predicted octanol–water partition coefficient (Wildman–Crippen LogP) is 2.09. The zero-order chi connectivity index (χ0) is 27.3. The summed E-state index contributed by atoms with van der Waals surface area (Å²) in [5, 5.41) is 50.0. The van der Waals surface area contributed by atoms with E-state index in [0.717, 1.165) is 24.1 Å². The van der Waals surface area contributed by atoms with Crippen LogP contribution in [0, 0.1) is 0 Å². The lowest BCUT2D eigenvalue weighted by Gasteiger charge is -2.39. The Bertz CT molecular complexity index is 1010. The SMILES string of the molecule is CC(C)N(CCC(c1ccccc1)c1cc(CO)ccc1OC1OC(C(=O)O)C(O)C(O)C1O)C(C)C. The standard InChI is InChI=1S/C28H39NO8/c1-16(2)29(17(3)4)13-12-20(19-8-6-5-7-9-19)21-14-18(15-30)10-11-22(21)36-28-25(33)23(31)24(32)26(37-28)27(34)35/h5-11,14,16-17,20,23-26,28,30-33H,12-13,15H2,1-4H3,(H,34,35). The van der Waals surface area contributed by atoms with E-state index in [2.05, 4.69) is 32.6 Å². The molecule has 6 unspecified atom stereocenters. The number of hydrogen-bond donors (Lipinski definition) is 5. The molecule has 2 aromatic rings. The maximum atomic E-state index is 11.6. The van der Waals surface area contributed by atoms with Gasteiger partial charge in [-0.3, -0.25) is 4.90 Å². The Labute approximate surface area is 217 Å². The van der Waals surface area contributed by atoms with Crippen LogP contribution in [-0.4, -0.2) is 85.7 Å². The highest BCUT2D eigenvalue weighted by atomic mass is 16.7. The summed E-state index contributed by atoms with van der Waals surface area (Å²) in [6.45, 7) is 9.20. The fourth-order valence-corrected chi connectivity index (χ4v) is 4.93. The summed E-state index contributed by atoms with van der Waals surface area (Å²) in [5.74, 6) is -1.31. The molecule has 1 heterocycles. The lowest BCUT2D eigenvalue weighted by molar-refractivity contribution is -0.271. The van der Waals surface area contributed by atoms with Crippen molar-refractivity contribution >= 4 is 5.97 Å². The van der Waals surface area contributed by atoms with Gasteiger partial charge in [0.05, 0.1) is 6.61 Å². The Morgan fingerprint density at radius 1 is 0.973 bits per heavy atom. The lowest BCUT2D eigenvalue weighted by Crippen LogP contribution is -2.61. The summed E-state index contributed by atoms with van der Waals surface area (Å²) in [5.41, 5.74) is 2.42. The highest BCUT2D eigenvalue weighted by Crippen LogP contribution is 2.37. The molecule has 1 aliphatic heterocycles. The fourth-order valence-electron chi connectivity index (χ4n) is 4.93. The molecular formula is C28H39NO8. The molecule has 2 aromatic carbocycles. The molecule has 204 valence electrons. The van der Waals surface area contributed by atoms with Crippen LogP contribution in [0.5, 0.6) is 5.75 Å². The van der Waals surface area contributed by atoms with Crippen LogP contribution >= 0.6 is 0 Å². The fraction of sp³-hybridized carbons (Fsp3) is 0.536. The van der Waals surface area contributed by atoms with Gasteiger partial charge in [0.25, 0.3) is 0 Å². The number of carbonyl (C=O) groups is 1. The first-order chi connectivity index (χ1) is 17.5. The number of aliphatic hydroxyl groups excluding tert-OH is 4.